The van der Waals surface area contributed by atoms with Crippen LogP contribution in [0.5, 0.6) is 0 Å². The number of aromatic nitrogens is 1. The van der Waals surface area contributed by atoms with Crippen molar-refractivity contribution in [1.82, 2.24) is 9.47 Å². The Morgan fingerprint density at radius 1 is 1.29 bits per heavy atom. The third-order valence-electron chi connectivity index (χ3n) is 4.71. The minimum atomic E-state index is 0.487. The maximum absolute atomic E-state index is 4.76. The van der Waals surface area contributed by atoms with Gasteiger partial charge in [0.1, 0.15) is 5.84 Å². The van der Waals surface area contributed by atoms with Crippen LogP contribution in [0, 0.1) is 0 Å². The summed E-state index contributed by atoms with van der Waals surface area (Å²) in [6.45, 7) is 5.57. The van der Waals surface area contributed by atoms with Crippen molar-refractivity contribution in [2.75, 3.05) is 18.8 Å². The van der Waals surface area contributed by atoms with Crippen LogP contribution >= 0.6 is 11.9 Å². The highest BCUT2D eigenvalue weighted by Gasteiger charge is 2.29. The van der Waals surface area contributed by atoms with Crippen LogP contribution in [0.15, 0.2) is 34.9 Å². The molecule has 1 unspecified atom stereocenters. The molecule has 1 atom stereocenters. The molecule has 4 rings (SSSR count). The highest BCUT2D eigenvalue weighted by atomic mass is 32.2. The molecule has 110 valence electrons. The summed E-state index contributed by atoms with van der Waals surface area (Å²) in [6, 6.07) is 9.20. The van der Waals surface area contributed by atoms with E-state index in [4.69, 9.17) is 4.40 Å². The van der Waals surface area contributed by atoms with Gasteiger partial charge in [-0.15, -0.1) is 0 Å². The minimum Gasteiger partial charge on any atom is -0.358 e. The molecule has 0 bridgehead atoms. The number of nitrogens with zero attached hydrogens (tertiary/aromatic N) is 3. The maximum atomic E-state index is 4.76. The van der Waals surface area contributed by atoms with Crippen LogP contribution in [-0.4, -0.2) is 34.1 Å². The summed E-state index contributed by atoms with van der Waals surface area (Å²) in [4.78, 5) is 2.49. The van der Waals surface area contributed by atoms with Crippen molar-refractivity contribution in [3.05, 3.63) is 36.0 Å². The van der Waals surface area contributed by atoms with Crippen molar-refractivity contribution in [2.24, 2.45) is 4.40 Å². The number of piperidine rings is 1. The summed E-state index contributed by atoms with van der Waals surface area (Å²) >= 11 is 1.73. The molecule has 0 spiro atoms. The van der Waals surface area contributed by atoms with Gasteiger partial charge in [0.25, 0.3) is 0 Å². The molecular weight excluding hydrogens is 278 g/mol. The molecule has 1 aromatic carbocycles. The predicted octanol–water partition coefficient (Wildman–Crippen LogP) is 3.90. The fourth-order valence-electron chi connectivity index (χ4n) is 3.59. The smallest absolute Gasteiger partial charge is 0.120 e. The molecule has 0 aliphatic carbocycles. The molecule has 0 saturated carbocycles. The van der Waals surface area contributed by atoms with E-state index < -0.39 is 0 Å². The van der Waals surface area contributed by atoms with Crippen LogP contribution in [0.2, 0.25) is 0 Å². The van der Waals surface area contributed by atoms with Crippen molar-refractivity contribution in [2.45, 2.75) is 32.2 Å². The van der Waals surface area contributed by atoms with Gasteiger partial charge in [0.15, 0.2) is 0 Å². The molecular formula is C17H21N3S. The molecule has 2 aromatic rings. The molecule has 21 heavy (non-hydrogen) atoms. The van der Waals surface area contributed by atoms with Crippen molar-refractivity contribution in [3.8, 4) is 0 Å². The normalized spacial score (nSPS) is 22.2. The number of fused-ring (bicyclic) bond motifs is 2. The highest BCUT2D eigenvalue weighted by Crippen LogP contribution is 2.34. The summed E-state index contributed by atoms with van der Waals surface area (Å²) in [5.74, 6) is 2.93. The van der Waals surface area contributed by atoms with Gasteiger partial charge < -0.3 is 9.47 Å². The molecule has 0 radical (unpaired) electrons. The number of benzene rings is 1. The summed E-state index contributed by atoms with van der Waals surface area (Å²) in [5, 5.41) is 1.36. The Morgan fingerprint density at radius 3 is 3.14 bits per heavy atom. The Labute approximate surface area is 130 Å². The minimum absolute atomic E-state index is 0.487. The topological polar surface area (TPSA) is 20.5 Å². The number of hydrogen-bond donors (Lipinski definition) is 0. The molecule has 0 amide bonds. The standard InChI is InChI=1S/C17H21N3S/c1-2-19-9-7-14-12-13(5-6-16(14)19)15-4-3-8-20-10-11-21-18-17(15)20/h5-7,9,12,15H,2-4,8,10-11H2,1H3. The quantitative estimate of drug-likeness (QED) is 0.784. The molecule has 4 heteroatoms. The van der Waals surface area contributed by atoms with Crippen LogP contribution in [0.1, 0.15) is 31.2 Å². The van der Waals surface area contributed by atoms with Crippen LogP contribution < -0.4 is 0 Å². The first-order chi connectivity index (χ1) is 10.4. The molecule has 1 saturated heterocycles. The van der Waals surface area contributed by atoms with Gasteiger partial charge in [-0.2, -0.15) is 0 Å². The average molecular weight is 299 g/mol. The van der Waals surface area contributed by atoms with Gasteiger partial charge in [-0.3, -0.25) is 0 Å². The van der Waals surface area contributed by atoms with Crippen LogP contribution in [0.3, 0.4) is 0 Å². The van der Waals surface area contributed by atoms with E-state index in [9.17, 15) is 0 Å². The first kappa shape index (κ1) is 13.3. The lowest BCUT2D eigenvalue weighted by Gasteiger charge is -2.37. The van der Waals surface area contributed by atoms with Gasteiger partial charge in [0.2, 0.25) is 0 Å². The van der Waals surface area contributed by atoms with E-state index in [1.807, 2.05) is 0 Å². The average Bonchev–Trinajstić information content (AvgIpc) is 2.96. The maximum Gasteiger partial charge on any atom is 0.120 e. The summed E-state index contributed by atoms with van der Waals surface area (Å²) in [6.07, 6.45) is 4.70. The first-order valence-electron chi connectivity index (χ1n) is 7.90. The van der Waals surface area contributed by atoms with Gasteiger partial charge in [-0.05, 0) is 60.9 Å². The Morgan fingerprint density at radius 2 is 2.24 bits per heavy atom. The monoisotopic (exact) mass is 299 g/mol. The van der Waals surface area contributed by atoms with Crippen LogP contribution in [0.4, 0.5) is 0 Å². The Bertz CT molecular complexity index is 688. The van der Waals surface area contributed by atoms with Crippen molar-refractivity contribution in [3.63, 3.8) is 0 Å². The van der Waals surface area contributed by atoms with E-state index in [0.29, 0.717) is 5.92 Å². The van der Waals surface area contributed by atoms with Crippen molar-refractivity contribution in [1.29, 1.82) is 0 Å². The fourth-order valence-corrected chi connectivity index (χ4v) is 4.36. The highest BCUT2D eigenvalue weighted by molar-refractivity contribution is 7.98. The number of aryl methyl sites for hydroxylation is 1. The molecule has 1 fully saturated rings. The zero-order chi connectivity index (χ0) is 14.2. The molecule has 3 heterocycles. The first-order valence-corrected chi connectivity index (χ1v) is 8.84. The van der Waals surface area contributed by atoms with E-state index in [0.717, 1.165) is 18.8 Å². The second-order valence-electron chi connectivity index (χ2n) is 5.88. The van der Waals surface area contributed by atoms with Gasteiger partial charge in [-0.25, -0.2) is 4.40 Å². The molecule has 1 aromatic heterocycles. The fraction of sp³-hybridized carbons (Fsp3) is 0.471. The summed E-state index contributed by atoms with van der Waals surface area (Å²) in [5.41, 5.74) is 2.77. The van der Waals surface area contributed by atoms with Crippen LogP contribution in [-0.2, 0) is 6.54 Å². The number of rotatable bonds is 2. The second-order valence-corrected chi connectivity index (χ2v) is 6.73. The molecule has 3 nitrogen and oxygen atoms in total. The third-order valence-corrected chi connectivity index (χ3v) is 5.39. The molecule has 2 aliphatic heterocycles. The largest absolute Gasteiger partial charge is 0.358 e. The van der Waals surface area contributed by atoms with Crippen molar-refractivity contribution >= 4 is 28.7 Å². The lowest BCUT2D eigenvalue weighted by molar-refractivity contribution is 0.371. The SMILES string of the molecule is CCn1ccc2cc(C3CCCN4CCSN=C34)ccc21. The van der Waals surface area contributed by atoms with Crippen molar-refractivity contribution < 1.29 is 0 Å². The Balaban J connectivity index is 1.73. The van der Waals surface area contributed by atoms with Gasteiger partial charge in [0, 0.05) is 43.0 Å². The number of hydrogen-bond acceptors (Lipinski definition) is 3. The predicted molar refractivity (Wildman–Crippen MR) is 91.1 cm³/mol. The Kier molecular flexibility index (Phi) is 3.42. The lowest BCUT2D eigenvalue weighted by atomic mass is 9.88. The van der Waals surface area contributed by atoms with E-state index in [1.165, 1.54) is 41.7 Å². The van der Waals surface area contributed by atoms with Crippen LogP contribution in [0.25, 0.3) is 10.9 Å². The Hall–Kier alpha value is -1.42. The van der Waals surface area contributed by atoms with E-state index >= 15 is 0 Å². The van der Waals surface area contributed by atoms with E-state index in [2.05, 4.69) is 46.9 Å². The summed E-state index contributed by atoms with van der Waals surface area (Å²) in [7, 11) is 0. The second kappa shape index (κ2) is 5.41. The zero-order valence-corrected chi connectivity index (χ0v) is 13.3. The lowest BCUT2D eigenvalue weighted by Crippen LogP contribution is -2.42. The molecule has 2 aliphatic rings. The van der Waals surface area contributed by atoms with E-state index in [-0.39, 0.29) is 0 Å². The molecule has 0 N–H and O–H groups in total. The van der Waals surface area contributed by atoms with Gasteiger partial charge >= 0.3 is 0 Å². The van der Waals surface area contributed by atoms with Gasteiger partial charge in [0.05, 0.1) is 0 Å². The third kappa shape index (κ3) is 2.26. The summed E-state index contributed by atoms with van der Waals surface area (Å²) < 4.78 is 7.07. The zero-order valence-electron chi connectivity index (χ0n) is 12.5. The van der Waals surface area contributed by atoms with E-state index in [1.54, 1.807) is 11.9 Å². The number of amidine groups is 1. The van der Waals surface area contributed by atoms with Gasteiger partial charge in [-0.1, -0.05) is 6.07 Å².